The molecule has 0 saturated heterocycles. The molecule has 3 aromatic rings. The number of hydrogen-bond donors (Lipinski definition) is 4. The third-order valence-electron chi connectivity index (χ3n) is 5.17. The predicted octanol–water partition coefficient (Wildman–Crippen LogP) is 2.03. The van der Waals surface area contributed by atoms with E-state index in [1.54, 1.807) is 12.1 Å². The molecule has 0 amide bonds. The fraction of sp³-hybridized carbons (Fsp3) is 0.143. The van der Waals surface area contributed by atoms with Crippen LogP contribution in [0.5, 0.6) is 0 Å². The number of aromatic amines is 1. The number of anilines is 1. The second-order valence-corrected chi connectivity index (χ2v) is 9.27. The van der Waals surface area contributed by atoms with Gasteiger partial charge in [-0.3, -0.25) is 14.9 Å². The topological polar surface area (TPSA) is 149 Å². The second-order valence-electron chi connectivity index (χ2n) is 7.36. The first-order chi connectivity index (χ1) is 16.0. The van der Waals surface area contributed by atoms with Crippen molar-refractivity contribution in [2.75, 3.05) is 10.8 Å². The molecule has 176 valence electrons. The van der Waals surface area contributed by atoms with Crippen molar-refractivity contribution < 1.29 is 31.9 Å². The van der Waals surface area contributed by atoms with Crippen LogP contribution in [0.2, 0.25) is 0 Å². The summed E-state index contributed by atoms with van der Waals surface area (Å²) in [4.78, 5) is 13.6. The van der Waals surface area contributed by atoms with Gasteiger partial charge in [-0.15, -0.1) is 0 Å². The van der Waals surface area contributed by atoms with Gasteiger partial charge < -0.3 is 5.41 Å². The lowest BCUT2D eigenvalue weighted by molar-refractivity contribution is -0.165. The number of rotatable bonds is 6. The van der Waals surface area contributed by atoms with E-state index in [0.717, 1.165) is 6.08 Å². The quantitative estimate of drug-likeness (QED) is 0.306. The summed E-state index contributed by atoms with van der Waals surface area (Å²) in [6, 6.07) is 10.6. The summed E-state index contributed by atoms with van der Waals surface area (Å²) >= 11 is 0. The molecular weight excluding hydrogens is 475 g/mol. The van der Waals surface area contributed by atoms with Gasteiger partial charge in [-0.25, -0.2) is 4.79 Å². The highest BCUT2D eigenvalue weighted by atomic mass is 32.3. The molecule has 4 rings (SSSR count). The van der Waals surface area contributed by atoms with Gasteiger partial charge in [-0.1, -0.05) is 11.2 Å². The van der Waals surface area contributed by atoms with E-state index >= 15 is 0 Å². The van der Waals surface area contributed by atoms with E-state index in [2.05, 4.69) is 14.7 Å². The van der Waals surface area contributed by atoms with E-state index in [9.17, 15) is 26.7 Å². The largest absolute Gasteiger partial charge is 0.476 e. The molecule has 0 aliphatic carbocycles. The SMILES string of the molecule is N=C(/C=C\C(=[NH2+])C(F)(F)F)c1ccc2c(c1)CCN2[S+](=O)(O)c1ccc(-c2noc(=O)[nH]2)cc1. The molecule has 2 aromatic carbocycles. The minimum atomic E-state index is -4.68. The maximum atomic E-state index is 13.3. The molecule has 0 fully saturated rings. The van der Waals surface area contributed by atoms with Gasteiger partial charge >= 0.3 is 22.3 Å². The highest BCUT2D eigenvalue weighted by Gasteiger charge is 2.42. The molecule has 0 bridgehead atoms. The summed E-state index contributed by atoms with van der Waals surface area (Å²) in [6.07, 6.45) is -2.69. The van der Waals surface area contributed by atoms with Crippen LogP contribution in [-0.2, 0) is 21.0 Å². The van der Waals surface area contributed by atoms with Crippen molar-refractivity contribution in [3.63, 3.8) is 0 Å². The number of nitrogens with one attached hydrogen (secondary N) is 2. The molecule has 0 saturated carbocycles. The number of benzene rings is 2. The van der Waals surface area contributed by atoms with E-state index in [4.69, 9.17) is 10.8 Å². The normalized spacial score (nSPS) is 15.4. The first kappa shape index (κ1) is 23.3. The van der Waals surface area contributed by atoms with Crippen LogP contribution < -0.4 is 15.5 Å². The Bertz CT molecular complexity index is 1410. The van der Waals surface area contributed by atoms with Crippen molar-refractivity contribution in [3.8, 4) is 11.4 Å². The van der Waals surface area contributed by atoms with E-state index < -0.39 is 28.0 Å². The monoisotopic (exact) mass is 493 g/mol. The molecule has 0 radical (unpaired) electrons. The molecule has 5 N–H and O–H groups in total. The van der Waals surface area contributed by atoms with Gasteiger partial charge in [0.05, 0.1) is 17.9 Å². The summed E-state index contributed by atoms with van der Waals surface area (Å²) in [5.41, 5.74) is 0.514. The van der Waals surface area contributed by atoms with Gasteiger partial charge in [-0.05, 0) is 64.2 Å². The van der Waals surface area contributed by atoms with Gasteiger partial charge in [0.15, 0.2) is 5.82 Å². The maximum absolute atomic E-state index is 13.3. The molecule has 1 aliphatic rings. The van der Waals surface area contributed by atoms with Crippen molar-refractivity contribution in [1.29, 1.82) is 5.41 Å². The van der Waals surface area contributed by atoms with Crippen LogP contribution in [0.25, 0.3) is 11.4 Å². The van der Waals surface area contributed by atoms with Crippen molar-refractivity contribution in [3.05, 3.63) is 76.3 Å². The minimum Gasteiger partial charge on any atom is -0.300 e. The van der Waals surface area contributed by atoms with E-state index in [0.29, 0.717) is 34.9 Å². The zero-order valence-electron chi connectivity index (χ0n) is 17.3. The molecule has 2 heterocycles. The number of fused-ring (bicyclic) bond motifs is 1. The van der Waals surface area contributed by atoms with E-state index in [1.807, 2.05) is 0 Å². The summed E-state index contributed by atoms with van der Waals surface area (Å²) in [6.45, 7) is 0.227. The molecule has 1 aromatic heterocycles. The number of hydrogen-bond acceptors (Lipinski definition) is 5. The number of H-pyrrole nitrogens is 1. The lowest BCUT2D eigenvalue weighted by atomic mass is 10.0. The lowest BCUT2D eigenvalue weighted by Crippen LogP contribution is -2.47. The van der Waals surface area contributed by atoms with Crippen molar-refractivity contribution >= 4 is 27.5 Å². The standard InChI is InChI=1S/C21H16F3N5O4S/c22-21(23,24)18(26)8-6-16(25)13-3-7-17-14(11-13)9-10-29(17)34(31,32)15-4-1-12(2-5-15)19-27-20(30)33-28-19/h1-8,11,25-26H,9-10H2,(H-,27,28,30,31,32)/p+2/b8-6-,25-16?,26-18?. The summed E-state index contributed by atoms with van der Waals surface area (Å²) in [5.74, 6) is -0.533. The highest BCUT2D eigenvalue weighted by molar-refractivity contribution is 7.99. The van der Waals surface area contributed by atoms with Crippen LogP contribution in [0.15, 0.2) is 68.8 Å². The first-order valence-electron chi connectivity index (χ1n) is 9.77. The summed E-state index contributed by atoms with van der Waals surface area (Å²) < 4.78 is 67.6. The van der Waals surface area contributed by atoms with Crippen molar-refractivity contribution in [1.82, 2.24) is 10.1 Å². The average Bonchev–Trinajstić information content (AvgIpc) is 3.42. The van der Waals surface area contributed by atoms with E-state index in [-0.39, 0.29) is 23.0 Å². The molecule has 34 heavy (non-hydrogen) atoms. The van der Waals surface area contributed by atoms with Crippen LogP contribution in [0.3, 0.4) is 0 Å². The summed E-state index contributed by atoms with van der Waals surface area (Å²) in [5, 5.41) is 16.5. The number of nitrogens with zero attached hydrogens (tertiary/aromatic N) is 2. The molecule has 9 nitrogen and oxygen atoms in total. The second kappa shape index (κ2) is 8.50. The molecule has 1 unspecified atom stereocenters. The lowest BCUT2D eigenvalue weighted by Gasteiger charge is -2.17. The number of allylic oxidation sites excluding steroid dienone is 2. The van der Waals surface area contributed by atoms with Gasteiger partial charge in [0.2, 0.25) is 4.90 Å². The Hall–Kier alpha value is -3.84. The molecule has 1 aliphatic heterocycles. The van der Waals surface area contributed by atoms with Gasteiger partial charge in [-0.2, -0.15) is 22.0 Å². The zero-order chi connectivity index (χ0) is 24.7. The van der Waals surface area contributed by atoms with Crippen LogP contribution in [0.4, 0.5) is 18.9 Å². The third kappa shape index (κ3) is 4.47. The van der Waals surface area contributed by atoms with Gasteiger partial charge in [0, 0.05) is 11.6 Å². The summed E-state index contributed by atoms with van der Waals surface area (Å²) in [7, 11) is -3.66. The van der Waals surface area contributed by atoms with E-state index in [1.165, 1.54) is 34.6 Å². The molecule has 1 atom stereocenters. The third-order valence-corrected chi connectivity index (χ3v) is 7.04. The predicted molar refractivity (Wildman–Crippen MR) is 118 cm³/mol. The minimum absolute atomic E-state index is 0.132. The number of nitrogens with two attached hydrogens (primary N) is 1. The van der Waals surface area contributed by atoms with Crippen LogP contribution in [0.1, 0.15) is 11.1 Å². The first-order valence-corrected chi connectivity index (χ1v) is 11.2. The zero-order valence-corrected chi connectivity index (χ0v) is 18.1. The number of halogens is 3. The van der Waals surface area contributed by atoms with Gasteiger partial charge in [0.25, 0.3) is 5.71 Å². The smallest absolute Gasteiger partial charge is 0.300 e. The number of aromatic nitrogens is 2. The van der Waals surface area contributed by atoms with Crippen LogP contribution in [0, 0.1) is 5.41 Å². The Labute approximate surface area is 191 Å². The van der Waals surface area contributed by atoms with Crippen molar-refractivity contribution in [2.24, 2.45) is 0 Å². The molecule has 0 spiro atoms. The Morgan fingerprint density at radius 2 is 1.94 bits per heavy atom. The molecule has 13 heteroatoms. The van der Waals surface area contributed by atoms with Gasteiger partial charge in [0.1, 0.15) is 0 Å². The fourth-order valence-corrected chi connectivity index (χ4v) is 4.96. The van der Waals surface area contributed by atoms with Crippen LogP contribution >= 0.6 is 0 Å². The Morgan fingerprint density at radius 1 is 1.24 bits per heavy atom. The average molecular weight is 493 g/mol. The Balaban J connectivity index is 1.55. The van der Waals surface area contributed by atoms with Crippen LogP contribution in [-0.4, -0.2) is 38.8 Å². The number of alkyl halides is 3. The molecular formula is C21H18F3N5O4S+2. The highest BCUT2D eigenvalue weighted by Crippen LogP contribution is 2.36. The maximum Gasteiger partial charge on any atom is 0.476 e. The Kier molecular flexibility index (Phi) is 5.83. The van der Waals surface area contributed by atoms with Crippen molar-refractivity contribution in [2.45, 2.75) is 17.5 Å². The fourth-order valence-electron chi connectivity index (χ4n) is 3.43. The Morgan fingerprint density at radius 3 is 2.56 bits per heavy atom.